The highest BCUT2D eigenvalue weighted by Crippen LogP contribution is 2.50. The van der Waals surface area contributed by atoms with Crippen LogP contribution in [0.5, 0.6) is 11.5 Å². The highest BCUT2D eigenvalue weighted by molar-refractivity contribution is 5.94. The van der Waals surface area contributed by atoms with Crippen molar-refractivity contribution in [1.29, 1.82) is 0 Å². The number of ether oxygens (including phenoxy) is 2. The second-order valence-electron chi connectivity index (χ2n) is 8.27. The summed E-state index contributed by atoms with van der Waals surface area (Å²) in [5.74, 6) is 0.640. The number of amides is 1. The van der Waals surface area contributed by atoms with Crippen molar-refractivity contribution in [2.45, 2.75) is 43.7 Å². The molecule has 3 atom stereocenters. The van der Waals surface area contributed by atoms with Gasteiger partial charge in [0.25, 0.3) is 5.91 Å². The second kappa shape index (κ2) is 7.02. The molecule has 2 aromatic rings. The van der Waals surface area contributed by atoms with Gasteiger partial charge in [0.2, 0.25) is 6.79 Å². The molecule has 2 heterocycles. The number of carbonyl (C=O) groups excluding carboxylic acids is 1. The van der Waals surface area contributed by atoms with Crippen LogP contribution in [0.1, 0.15) is 54.1 Å². The summed E-state index contributed by atoms with van der Waals surface area (Å²) in [6, 6.07) is 11.2. The van der Waals surface area contributed by atoms with E-state index in [0.29, 0.717) is 30.0 Å². The molecule has 152 valence electrons. The number of likely N-dealkylation sites (tertiary alicyclic amines) is 1. The van der Waals surface area contributed by atoms with Crippen LogP contribution in [0, 0.1) is 11.7 Å². The van der Waals surface area contributed by atoms with E-state index in [1.165, 1.54) is 12.1 Å². The molecule has 1 aliphatic carbocycles. The topological polar surface area (TPSA) is 59.0 Å². The van der Waals surface area contributed by atoms with E-state index in [0.717, 1.165) is 31.2 Å². The van der Waals surface area contributed by atoms with Crippen molar-refractivity contribution < 1.29 is 23.8 Å². The van der Waals surface area contributed by atoms with Crippen LogP contribution >= 0.6 is 0 Å². The number of hydrogen-bond donors (Lipinski definition) is 1. The van der Waals surface area contributed by atoms with Crippen LogP contribution in [0.25, 0.3) is 0 Å². The lowest BCUT2D eigenvalue weighted by molar-refractivity contribution is -0.115. The predicted molar refractivity (Wildman–Crippen MR) is 104 cm³/mol. The molecule has 5 rings (SSSR count). The largest absolute Gasteiger partial charge is 0.454 e. The molecular formula is C23H24FNO4. The van der Waals surface area contributed by atoms with Crippen LogP contribution < -0.4 is 9.47 Å². The number of fused-ring (bicyclic) bond motifs is 2. The smallest absolute Gasteiger partial charge is 0.254 e. The van der Waals surface area contributed by atoms with Crippen LogP contribution in [0.2, 0.25) is 0 Å². The molecule has 0 spiro atoms. The maximum absolute atomic E-state index is 13.8. The average Bonchev–Trinajstić information content (AvgIpc) is 3.20. The summed E-state index contributed by atoms with van der Waals surface area (Å²) in [6.45, 7) is 0.615. The van der Waals surface area contributed by atoms with E-state index in [4.69, 9.17) is 9.47 Å². The summed E-state index contributed by atoms with van der Waals surface area (Å²) >= 11 is 0. The fourth-order valence-electron chi connectivity index (χ4n) is 5.21. The van der Waals surface area contributed by atoms with Gasteiger partial charge in [-0.1, -0.05) is 25.0 Å². The Balaban J connectivity index is 1.57. The van der Waals surface area contributed by atoms with E-state index >= 15 is 0 Å². The third-order valence-electron chi connectivity index (χ3n) is 6.64. The summed E-state index contributed by atoms with van der Waals surface area (Å²) in [4.78, 5) is 15.2. The molecule has 1 saturated heterocycles. The first kappa shape index (κ1) is 18.4. The number of halogens is 1. The van der Waals surface area contributed by atoms with Crippen LogP contribution in [0.3, 0.4) is 0 Å². The number of rotatable bonds is 2. The number of nitrogens with zero attached hydrogens (tertiary/aromatic N) is 1. The molecule has 1 saturated carbocycles. The molecule has 2 aromatic carbocycles. The van der Waals surface area contributed by atoms with Crippen LogP contribution in [0.15, 0.2) is 42.5 Å². The van der Waals surface area contributed by atoms with Crippen molar-refractivity contribution in [1.82, 2.24) is 4.90 Å². The molecule has 3 aliphatic rings. The van der Waals surface area contributed by atoms with Gasteiger partial charge in [-0.25, -0.2) is 4.39 Å². The first-order chi connectivity index (χ1) is 14.0. The van der Waals surface area contributed by atoms with Gasteiger partial charge in [-0.3, -0.25) is 4.79 Å². The third-order valence-corrected chi connectivity index (χ3v) is 6.64. The molecule has 0 aromatic heterocycles. The molecule has 0 unspecified atom stereocenters. The van der Waals surface area contributed by atoms with Gasteiger partial charge in [0, 0.05) is 18.0 Å². The number of benzene rings is 2. The number of piperidine rings is 1. The van der Waals surface area contributed by atoms with E-state index in [1.54, 1.807) is 17.0 Å². The molecule has 2 fully saturated rings. The van der Waals surface area contributed by atoms with Gasteiger partial charge < -0.3 is 19.5 Å². The maximum atomic E-state index is 13.8. The van der Waals surface area contributed by atoms with Gasteiger partial charge in [-0.05, 0) is 55.2 Å². The molecular weight excluding hydrogens is 373 g/mol. The molecule has 5 nitrogen and oxygen atoms in total. The zero-order valence-electron chi connectivity index (χ0n) is 16.1. The Morgan fingerprint density at radius 2 is 1.97 bits per heavy atom. The lowest BCUT2D eigenvalue weighted by atomic mass is 9.66. The van der Waals surface area contributed by atoms with Crippen LogP contribution in [-0.4, -0.2) is 34.9 Å². The minimum Gasteiger partial charge on any atom is -0.454 e. The fraction of sp³-hybridized carbons (Fsp3) is 0.435. The average molecular weight is 397 g/mol. The minimum absolute atomic E-state index is 0.0668. The van der Waals surface area contributed by atoms with Crippen molar-refractivity contribution in [2.75, 3.05) is 13.3 Å². The molecule has 0 bridgehead atoms. The van der Waals surface area contributed by atoms with Gasteiger partial charge in [-0.15, -0.1) is 0 Å². The quantitative estimate of drug-likeness (QED) is 0.830. The number of carbonyl (C=O) groups is 1. The third kappa shape index (κ3) is 3.15. The Labute approximate surface area is 169 Å². The van der Waals surface area contributed by atoms with E-state index < -0.39 is 11.4 Å². The van der Waals surface area contributed by atoms with Gasteiger partial charge in [0.1, 0.15) is 5.82 Å². The van der Waals surface area contributed by atoms with Gasteiger partial charge in [0.05, 0.1) is 11.6 Å². The lowest BCUT2D eigenvalue weighted by Crippen LogP contribution is -2.56. The van der Waals surface area contributed by atoms with Gasteiger partial charge in [-0.2, -0.15) is 0 Å². The van der Waals surface area contributed by atoms with E-state index in [9.17, 15) is 14.3 Å². The Bertz CT molecular complexity index is 948. The SMILES string of the molecule is O=C(c1cccc(F)c1)N1CC[C@]2(O)CCCC[C@H]2[C@H]1c1ccc2c(c1)OCO2. The normalized spacial score (nSPS) is 28.1. The molecule has 2 aliphatic heterocycles. The van der Waals surface area contributed by atoms with Crippen molar-refractivity contribution in [3.05, 3.63) is 59.4 Å². The monoisotopic (exact) mass is 397 g/mol. The van der Waals surface area contributed by atoms with E-state index in [-0.39, 0.29) is 24.7 Å². The van der Waals surface area contributed by atoms with Gasteiger partial charge in [0.15, 0.2) is 11.5 Å². The summed E-state index contributed by atoms with van der Waals surface area (Å²) in [7, 11) is 0. The summed E-state index contributed by atoms with van der Waals surface area (Å²) in [6.07, 6.45) is 4.16. The molecule has 1 amide bonds. The number of hydrogen-bond acceptors (Lipinski definition) is 4. The Hall–Kier alpha value is -2.60. The Morgan fingerprint density at radius 3 is 2.83 bits per heavy atom. The Kier molecular flexibility index (Phi) is 4.46. The van der Waals surface area contributed by atoms with Crippen LogP contribution in [-0.2, 0) is 0 Å². The van der Waals surface area contributed by atoms with Crippen molar-refractivity contribution >= 4 is 5.91 Å². The Morgan fingerprint density at radius 1 is 1.10 bits per heavy atom. The summed E-state index contributed by atoms with van der Waals surface area (Å²) < 4.78 is 24.7. The highest BCUT2D eigenvalue weighted by atomic mass is 19.1. The molecule has 0 radical (unpaired) electrons. The maximum Gasteiger partial charge on any atom is 0.254 e. The van der Waals surface area contributed by atoms with Crippen molar-refractivity contribution in [2.24, 2.45) is 5.92 Å². The second-order valence-corrected chi connectivity index (χ2v) is 8.27. The summed E-state index contributed by atoms with van der Waals surface area (Å²) in [5, 5.41) is 11.4. The van der Waals surface area contributed by atoms with E-state index in [1.807, 2.05) is 18.2 Å². The zero-order chi connectivity index (χ0) is 20.0. The minimum atomic E-state index is -0.780. The summed E-state index contributed by atoms with van der Waals surface area (Å²) in [5.41, 5.74) is 0.471. The van der Waals surface area contributed by atoms with Crippen molar-refractivity contribution in [3.63, 3.8) is 0 Å². The van der Waals surface area contributed by atoms with E-state index in [2.05, 4.69) is 0 Å². The standard InChI is InChI=1S/C23H24FNO4/c24-17-5-3-4-16(12-17)22(26)25-11-10-23(27)9-2-1-6-18(23)21(25)15-7-8-19-20(13-15)29-14-28-19/h3-5,7-8,12-13,18,21,27H,1-2,6,9-11,14H2/t18-,21+,23+/m0/s1. The lowest BCUT2D eigenvalue weighted by Gasteiger charge is -2.52. The molecule has 6 heteroatoms. The number of aliphatic hydroxyl groups is 1. The first-order valence-electron chi connectivity index (χ1n) is 10.2. The van der Waals surface area contributed by atoms with Crippen molar-refractivity contribution in [3.8, 4) is 11.5 Å². The van der Waals surface area contributed by atoms with Crippen LogP contribution in [0.4, 0.5) is 4.39 Å². The molecule has 1 N–H and O–H groups in total. The molecule has 29 heavy (non-hydrogen) atoms. The predicted octanol–water partition coefficient (Wildman–Crippen LogP) is 4.06. The highest BCUT2D eigenvalue weighted by Gasteiger charge is 2.50. The first-order valence-corrected chi connectivity index (χ1v) is 10.2. The van der Waals surface area contributed by atoms with Gasteiger partial charge >= 0.3 is 0 Å². The fourth-order valence-corrected chi connectivity index (χ4v) is 5.21. The zero-order valence-corrected chi connectivity index (χ0v) is 16.1.